The van der Waals surface area contributed by atoms with Crippen LogP contribution in [0, 0.1) is 0 Å². The first-order valence-corrected chi connectivity index (χ1v) is 7.50. The molecular formula is C17H19O3S+. The van der Waals surface area contributed by atoms with Gasteiger partial charge < -0.3 is 9.53 Å². The van der Waals surface area contributed by atoms with Crippen molar-refractivity contribution in [1.82, 2.24) is 0 Å². The van der Waals surface area contributed by atoms with Gasteiger partial charge in [0, 0.05) is 21.9 Å². The van der Waals surface area contributed by atoms with E-state index in [1.807, 2.05) is 51.1 Å². The van der Waals surface area contributed by atoms with Crippen LogP contribution in [0.25, 0.3) is 0 Å². The van der Waals surface area contributed by atoms with Gasteiger partial charge in [0.1, 0.15) is 0 Å². The Morgan fingerprint density at radius 3 is 2.05 bits per heavy atom. The smallest absolute Gasteiger partial charge is 0.336 e. The highest BCUT2D eigenvalue weighted by Crippen LogP contribution is 2.28. The van der Waals surface area contributed by atoms with Gasteiger partial charge in [-0.05, 0) is 45.0 Å². The first-order valence-electron chi connectivity index (χ1n) is 6.68. The molecule has 21 heavy (non-hydrogen) atoms. The molecular weight excluding hydrogens is 284 g/mol. The van der Waals surface area contributed by atoms with Crippen LogP contribution in [0.2, 0.25) is 0 Å². The standard InChI is InChI=1S/C17H18O3S/c1-17(2,3)20-16(18)19-13-9-11-15(12-10-13)21-14-7-5-4-6-8-14/h4-12H,1-3H3/p+1. The average Bonchev–Trinajstić information content (AvgIpc) is 2.40. The second-order valence-corrected chi connectivity index (χ2v) is 6.62. The Morgan fingerprint density at radius 1 is 0.905 bits per heavy atom. The van der Waals surface area contributed by atoms with Gasteiger partial charge in [-0.25, -0.2) is 0 Å². The van der Waals surface area contributed by atoms with Crippen molar-refractivity contribution in [1.29, 1.82) is 0 Å². The zero-order valence-electron chi connectivity index (χ0n) is 12.4. The fourth-order valence-corrected chi connectivity index (χ4v) is 2.42. The van der Waals surface area contributed by atoms with E-state index in [4.69, 9.17) is 9.47 Å². The van der Waals surface area contributed by atoms with Crippen LogP contribution in [0.5, 0.6) is 5.75 Å². The quantitative estimate of drug-likeness (QED) is 0.476. The van der Waals surface area contributed by atoms with Gasteiger partial charge in [0.25, 0.3) is 0 Å². The molecule has 0 amide bonds. The molecule has 0 heterocycles. The maximum absolute atomic E-state index is 9.61. The molecule has 0 saturated heterocycles. The van der Waals surface area contributed by atoms with Gasteiger partial charge in [0.15, 0.2) is 5.60 Å². The lowest BCUT2D eigenvalue weighted by molar-refractivity contribution is 0.0653. The van der Waals surface area contributed by atoms with Gasteiger partial charge >= 0.3 is 6.16 Å². The maximum Gasteiger partial charge on any atom is 0.719 e. The summed E-state index contributed by atoms with van der Waals surface area (Å²) in [6.07, 6.45) is -0.439. The summed E-state index contributed by atoms with van der Waals surface area (Å²) in [6, 6.07) is 17.6. The molecule has 0 fully saturated rings. The Bertz CT molecular complexity index is 586. The Balaban J connectivity index is 1.95. The Morgan fingerprint density at radius 2 is 1.48 bits per heavy atom. The molecule has 0 saturated carbocycles. The summed E-state index contributed by atoms with van der Waals surface area (Å²) >= 11 is 1.67. The minimum atomic E-state index is -0.493. The summed E-state index contributed by atoms with van der Waals surface area (Å²) in [6.45, 7) is 5.52. The molecule has 1 N–H and O–H groups in total. The molecule has 0 atom stereocenters. The zero-order chi connectivity index (χ0) is 15.3. The summed E-state index contributed by atoms with van der Waals surface area (Å²) in [7, 11) is 0. The average molecular weight is 303 g/mol. The molecule has 2 aromatic rings. The number of hydrogen-bond donors (Lipinski definition) is 0. The van der Waals surface area contributed by atoms with E-state index in [1.54, 1.807) is 23.9 Å². The highest BCUT2D eigenvalue weighted by Gasteiger charge is 2.27. The van der Waals surface area contributed by atoms with Gasteiger partial charge in [-0.1, -0.05) is 30.0 Å². The predicted octanol–water partition coefficient (Wildman–Crippen LogP) is 4.49. The van der Waals surface area contributed by atoms with Crippen molar-refractivity contribution in [3.8, 4) is 5.75 Å². The third-order valence-corrected chi connectivity index (χ3v) is 3.42. The molecule has 3 nitrogen and oxygen atoms in total. The van der Waals surface area contributed by atoms with E-state index in [0.717, 1.165) is 4.90 Å². The van der Waals surface area contributed by atoms with Crippen LogP contribution in [0.4, 0.5) is 0 Å². The van der Waals surface area contributed by atoms with Crippen LogP contribution < -0.4 is 4.74 Å². The number of carbonyl (C=O) groups excluding carboxylic acids is 1. The van der Waals surface area contributed by atoms with Gasteiger partial charge in [-0.3, -0.25) is 4.74 Å². The molecule has 110 valence electrons. The fraction of sp³-hybridized carbons (Fsp3) is 0.235. The monoisotopic (exact) mass is 303 g/mol. The largest absolute Gasteiger partial charge is 0.719 e. The molecule has 2 aromatic carbocycles. The Kier molecular flexibility index (Phi) is 4.91. The lowest BCUT2D eigenvalue weighted by Crippen LogP contribution is -2.27. The summed E-state index contributed by atoms with van der Waals surface area (Å²) in [4.78, 5) is 11.9. The normalized spacial score (nSPS) is 11.0. The summed E-state index contributed by atoms with van der Waals surface area (Å²) in [5, 5.41) is 0. The van der Waals surface area contributed by atoms with Gasteiger partial charge in [0.2, 0.25) is 5.75 Å². The van der Waals surface area contributed by atoms with Gasteiger partial charge in [-0.15, -0.1) is 0 Å². The lowest BCUT2D eigenvalue weighted by atomic mass is 10.2. The van der Waals surface area contributed by atoms with E-state index in [9.17, 15) is 4.79 Å². The molecule has 0 aliphatic carbocycles. The molecule has 0 aliphatic rings. The van der Waals surface area contributed by atoms with Crippen LogP contribution in [-0.4, -0.2) is 16.6 Å². The molecule has 0 aliphatic heterocycles. The number of ether oxygens (including phenoxy) is 2. The SMILES string of the molecule is CC(C)(C)OC(=[OH+])Oc1ccc(Sc2ccccc2)cc1. The molecule has 0 unspecified atom stereocenters. The topological polar surface area (TPSA) is 39.9 Å². The van der Waals surface area contributed by atoms with Crippen molar-refractivity contribution >= 4 is 17.9 Å². The van der Waals surface area contributed by atoms with E-state index in [2.05, 4.69) is 12.1 Å². The molecule has 0 aromatic heterocycles. The van der Waals surface area contributed by atoms with Crippen LogP contribution in [0.3, 0.4) is 0 Å². The van der Waals surface area contributed by atoms with Crippen molar-refractivity contribution in [2.75, 3.05) is 0 Å². The predicted molar refractivity (Wildman–Crippen MR) is 85.4 cm³/mol. The second-order valence-electron chi connectivity index (χ2n) is 5.47. The lowest BCUT2D eigenvalue weighted by Gasteiger charge is -2.10. The maximum atomic E-state index is 9.61. The highest BCUT2D eigenvalue weighted by molar-refractivity contribution is 7.99. The third-order valence-electron chi connectivity index (χ3n) is 2.40. The second kappa shape index (κ2) is 6.68. The minimum absolute atomic E-state index is 0.439. The number of benzene rings is 2. The van der Waals surface area contributed by atoms with Crippen LogP contribution in [0.15, 0.2) is 64.4 Å². The van der Waals surface area contributed by atoms with Crippen molar-refractivity contribution in [2.24, 2.45) is 0 Å². The first-order chi connectivity index (χ1) is 9.92. The van der Waals surface area contributed by atoms with Crippen molar-refractivity contribution in [2.45, 2.75) is 36.2 Å². The van der Waals surface area contributed by atoms with E-state index in [1.165, 1.54) is 4.90 Å². The van der Waals surface area contributed by atoms with Crippen LogP contribution in [0.1, 0.15) is 20.8 Å². The summed E-state index contributed by atoms with van der Waals surface area (Å²) < 4.78 is 10.4. The van der Waals surface area contributed by atoms with Gasteiger partial charge in [-0.2, -0.15) is 0 Å². The third kappa shape index (κ3) is 5.52. The number of hydrogen-bond acceptors (Lipinski definition) is 3. The van der Waals surface area contributed by atoms with E-state index >= 15 is 0 Å². The summed E-state index contributed by atoms with van der Waals surface area (Å²) in [5.74, 6) is 0.536. The molecule has 2 rings (SSSR count). The zero-order valence-corrected chi connectivity index (χ0v) is 13.2. The van der Waals surface area contributed by atoms with E-state index in [0.29, 0.717) is 5.75 Å². The van der Waals surface area contributed by atoms with Crippen LogP contribution >= 0.6 is 11.8 Å². The summed E-state index contributed by atoms with van der Waals surface area (Å²) in [5.41, 5.74) is -0.493. The Hall–Kier alpha value is -1.94. The molecule has 4 heteroatoms. The highest BCUT2D eigenvalue weighted by atomic mass is 32.2. The Labute approximate surface area is 129 Å². The molecule has 0 radical (unpaired) electrons. The number of rotatable bonds is 3. The van der Waals surface area contributed by atoms with E-state index < -0.39 is 11.8 Å². The minimum Gasteiger partial charge on any atom is -0.336 e. The van der Waals surface area contributed by atoms with Crippen LogP contribution in [-0.2, 0) is 4.74 Å². The van der Waals surface area contributed by atoms with Gasteiger partial charge in [0.05, 0.1) is 0 Å². The van der Waals surface area contributed by atoms with E-state index in [-0.39, 0.29) is 0 Å². The van der Waals surface area contributed by atoms with Crippen molar-refractivity contribution < 1.29 is 14.3 Å². The van der Waals surface area contributed by atoms with Crippen molar-refractivity contribution in [3.05, 3.63) is 54.6 Å². The van der Waals surface area contributed by atoms with Crippen molar-refractivity contribution in [3.63, 3.8) is 0 Å². The molecule has 0 spiro atoms. The molecule has 0 bridgehead atoms. The first kappa shape index (κ1) is 15.4. The fourth-order valence-electron chi connectivity index (χ4n) is 1.58.